The molecule has 66 valence electrons. The molecule has 0 fully saturated rings. The highest BCUT2D eigenvalue weighted by Gasteiger charge is 2.08. The lowest BCUT2D eigenvalue weighted by Gasteiger charge is -2.10. The maximum absolute atomic E-state index is 8.90. The van der Waals surface area contributed by atoms with E-state index in [-0.39, 0.29) is 0 Å². The highest BCUT2D eigenvalue weighted by molar-refractivity contribution is 5.37. The molecule has 0 unspecified atom stereocenters. The van der Waals surface area contributed by atoms with Gasteiger partial charge in [0.1, 0.15) is 5.75 Å². The number of aliphatic hydroxyl groups excluding tert-OH is 1. The van der Waals surface area contributed by atoms with Crippen molar-refractivity contribution in [2.24, 2.45) is 0 Å². The first-order chi connectivity index (χ1) is 5.65. The van der Waals surface area contributed by atoms with Gasteiger partial charge < -0.3 is 14.9 Å². The molecule has 0 aromatic heterocycles. The van der Waals surface area contributed by atoms with Crippen LogP contribution in [-0.2, 0) is 0 Å². The minimum Gasteiger partial charge on any atom is -0.496 e. The summed E-state index contributed by atoms with van der Waals surface area (Å²) in [6.07, 6.45) is -1.47. The molecule has 0 aliphatic carbocycles. The summed E-state index contributed by atoms with van der Waals surface area (Å²) in [5.41, 5.74) is 1.42. The van der Waals surface area contributed by atoms with Crippen LogP contribution >= 0.6 is 0 Å². The van der Waals surface area contributed by atoms with Crippen molar-refractivity contribution < 1.29 is 14.9 Å². The van der Waals surface area contributed by atoms with E-state index in [0.717, 1.165) is 5.56 Å². The second kappa shape index (κ2) is 3.56. The summed E-state index contributed by atoms with van der Waals surface area (Å²) >= 11 is 0. The Bertz CT molecular complexity index is 268. The molecule has 2 N–H and O–H groups in total. The Morgan fingerprint density at radius 2 is 2.00 bits per heavy atom. The van der Waals surface area contributed by atoms with E-state index >= 15 is 0 Å². The average molecular weight is 168 g/mol. The topological polar surface area (TPSA) is 49.7 Å². The van der Waals surface area contributed by atoms with E-state index in [1.807, 2.05) is 6.92 Å². The zero-order valence-corrected chi connectivity index (χ0v) is 7.11. The number of aliphatic hydroxyl groups is 2. The molecular formula is C9H12O3. The Hall–Kier alpha value is -1.06. The van der Waals surface area contributed by atoms with Crippen LogP contribution in [0.4, 0.5) is 0 Å². The Balaban J connectivity index is 3.11. The smallest absolute Gasteiger partial charge is 0.182 e. The Morgan fingerprint density at radius 1 is 1.33 bits per heavy atom. The lowest BCUT2D eigenvalue weighted by atomic mass is 10.1. The fraction of sp³-hybridized carbons (Fsp3) is 0.333. The molecule has 0 aliphatic heterocycles. The number of rotatable bonds is 2. The first-order valence-electron chi connectivity index (χ1n) is 3.66. The van der Waals surface area contributed by atoms with E-state index in [0.29, 0.717) is 11.3 Å². The number of methoxy groups -OCH3 is 1. The SMILES string of the molecule is COc1cc(C)ccc1C(O)O. The van der Waals surface area contributed by atoms with Crippen molar-refractivity contribution in [1.82, 2.24) is 0 Å². The lowest BCUT2D eigenvalue weighted by molar-refractivity contribution is -0.0439. The van der Waals surface area contributed by atoms with Gasteiger partial charge >= 0.3 is 0 Å². The third-order valence-electron chi connectivity index (χ3n) is 1.67. The van der Waals surface area contributed by atoms with Gasteiger partial charge in [0.2, 0.25) is 0 Å². The zero-order valence-electron chi connectivity index (χ0n) is 7.11. The predicted molar refractivity (Wildman–Crippen MR) is 44.9 cm³/mol. The minimum absolute atomic E-state index is 0.392. The maximum Gasteiger partial charge on any atom is 0.182 e. The van der Waals surface area contributed by atoms with E-state index in [2.05, 4.69) is 0 Å². The van der Waals surface area contributed by atoms with Crippen LogP contribution in [0.1, 0.15) is 17.4 Å². The normalized spacial score (nSPS) is 10.4. The lowest BCUT2D eigenvalue weighted by Crippen LogP contribution is -1.98. The van der Waals surface area contributed by atoms with Crippen LogP contribution in [0.3, 0.4) is 0 Å². The van der Waals surface area contributed by atoms with Crippen molar-refractivity contribution in [1.29, 1.82) is 0 Å². The van der Waals surface area contributed by atoms with E-state index < -0.39 is 6.29 Å². The van der Waals surface area contributed by atoms with Crippen LogP contribution in [0.5, 0.6) is 5.75 Å². The molecule has 0 atom stereocenters. The number of hydrogen-bond donors (Lipinski definition) is 2. The average Bonchev–Trinajstić information content (AvgIpc) is 2.03. The van der Waals surface area contributed by atoms with Gasteiger partial charge in [-0.3, -0.25) is 0 Å². The summed E-state index contributed by atoms with van der Waals surface area (Å²) < 4.78 is 4.97. The molecule has 1 aromatic carbocycles. The molecule has 0 radical (unpaired) electrons. The molecule has 0 heterocycles. The monoisotopic (exact) mass is 168 g/mol. The first kappa shape index (κ1) is 9.03. The second-order valence-electron chi connectivity index (χ2n) is 2.62. The fourth-order valence-electron chi connectivity index (χ4n) is 1.03. The molecule has 3 nitrogen and oxygen atoms in total. The summed E-state index contributed by atoms with van der Waals surface area (Å²) in [6, 6.07) is 5.20. The fourth-order valence-corrected chi connectivity index (χ4v) is 1.03. The summed E-state index contributed by atoms with van der Waals surface area (Å²) in [5.74, 6) is 0.505. The molecule has 12 heavy (non-hydrogen) atoms. The van der Waals surface area contributed by atoms with Gasteiger partial charge in [0.05, 0.1) is 7.11 Å². The predicted octanol–water partition coefficient (Wildman–Crippen LogP) is 0.987. The van der Waals surface area contributed by atoms with Gasteiger partial charge in [0.25, 0.3) is 0 Å². The van der Waals surface area contributed by atoms with Crippen LogP contribution in [0.2, 0.25) is 0 Å². The van der Waals surface area contributed by atoms with E-state index in [1.165, 1.54) is 7.11 Å². The summed E-state index contributed by atoms with van der Waals surface area (Å²) in [5, 5.41) is 17.8. The van der Waals surface area contributed by atoms with E-state index in [1.54, 1.807) is 18.2 Å². The van der Waals surface area contributed by atoms with Crippen molar-refractivity contribution in [3.63, 3.8) is 0 Å². The molecule has 1 aromatic rings. The van der Waals surface area contributed by atoms with E-state index in [9.17, 15) is 0 Å². The van der Waals surface area contributed by atoms with Gasteiger partial charge in [0, 0.05) is 5.56 Å². The highest BCUT2D eigenvalue weighted by atomic mass is 16.5. The third kappa shape index (κ3) is 1.75. The van der Waals surface area contributed by atoms with Crippen molar-refractivity contribution in [3.8, 4) is 5.75 Å². The number of ether oxygens (including phenoxy) is 1. The molecule has 1 rings (SSSR count). The second-order valence-corrected chi connectivity index (χ2v) is 2.62. The van der Waals surface area contributed by atoms with Crippen LogP contribution in [0.25, 0.3) is 0 Å². The quantitative estimate of drug-likeness (QED) is 0.647. The number of aryl methyl sites for hydroxylation is 1. The largest absolute Gasteiger partial charge is 0.496 e. The number of hydrogen-bond acceptors (Lipinski definition) is 3. The molecule has 0 spiro atoms. The molecule has 3 heteroatoms. The highest BCUT2D eigenvalue weighted by Crippen LogP contribution is 2.24. The molecule has 0 amide bonds. The Morgan fingerprint density at radius 3 is 2.50 bits per heavy atom. The van der Waals surface area contributed by atoms with Crippen LogP contribution in [0, 0.1) is 6.92 Å². The third-order valence-corrected chi connectivity index (χ3v) is 1.67. The van der Waals surface area contributed by atoms with Crippen molar-refractivity contribution >= 4 is 0 Å². The molecule has 0 saturated heterocycles. The molecule has 0 saturated carbocycles. The Kier molecular flexibility index (Phi) is 2.68. The van der Waals surface area contributed by atoms with Crippen LogP contribution in [-0.4, -0.2) is 17.3 Å². The van der Waals surface area contributed by atoms with Gasteiger partial charge in [-0.2, -0.15) is 0 Å². The molecular weight excluding hydrogens is 156 g/mol. The van der Waals surface area contributed by atoms with E-state index in [4.69, 9.17) is 14.9 Å². The van der Waals surface area contributed by atoms with Crippen molar-refractivity contribution in [2.45, 2.75) is 13.2 Å². The molecule has 0 bridgehead atoms. The minimum atomic E-state index is -1.47. The molecule has 0 aliphatic rings. The maximum atomic E-state index is 8.90. The summed E-state index contributed by atoms with van der Waals surface area (Å²) in [4.78, 5) is 0. The van der Waals surface area contributed by atoms with Gasteiger partial charge in [-0.05, 0) is 24.6 Å². The van der Waals surface area contributed by atoms with Crippen LogP contribution < -0.4 is 4.74 Å². The summed E-state index contributed by atoms with van der Waals surface area (Å²) in [6.45, 7) is 1.91. The van der Waals surface area contributed by atoms with Gasteiger partial charge in [-0.1, -0.05) is 6.07 Å². The van der Waals surface area contributed by atoms with Gasteiger partial charge in [-0.25, -0.2) is 0 Å². The summed E-state index contributed by atoms with van der Waals surface area (Å²) in [7, 11) is 1.50. The van der Waals surface area contributed by atoms with Crippen LogP contribution in [0.15, 0.2) is 18.2 Å². The zero-order chi connectivity index (χ0) is 9.14. The van der Waals surface area contributed by atoms with Gasteiger partial charge in [-0.15, -0.1) is 0 Å². The first-order valence-corrected chi connectivity index (χ1v) is 3.66. The van der Waals surface area contributed by atoms with Gasteiger partial charge in [0.15, 0.2) is 6.29 Å². The van der Waals surface area contributed by atoms with Crippen molar-refractivity contribution in [3.05, 3.63) is 29.3 Å². The van der Waals surface area contributed by atoms with Crippen molar-refractivity contribution in [2.75, 3.05) is 7.11 Å². The Labute approximate surface area is 71.2 Å². The number of benzene rings is 1. The standard InChI is InChI=1S/C9H12O3/c1-6-3-4-7(9(10)11)8(5-6)12-2/h3-5,9-11H,1-2H3.